The van der Waals surface area contributed by atoms with E-state index in [2.05, 4.69) is 21.9 Å². The lowest BCUT2D eigenvalue weighted by atomic mass is 10.1. The van der Waals surface area contributed by atoms with Crippen molar-refractivity contribution >= 4 is 0 Å². The Labute approximate surface area is 151 Å². The number of ether oxygens (including phenoxy) is 2. The second kappa shape index (κ2) is 9.41. The molecule has 25 heavy (non-hydrogen) atoms. The van der Waals surface area contributed by atoms with Gasteiger partial charge in [-0.25, -0.2) is 0 Å². The molecule has 2 aliphatic rings. The average molecular weight is 348 g/mol. The van der Waals surface area contributed by atoms with Crippen molar-refractivity contribution < 1.29 is 14.6 Å². The minimum absolute atomic E-state index is 0.304. The molecule has 5 heteroatoms. The first-order valence-electron chi connectivity index (χ1n) is 9.67. The van der Waals surface area contributed by atoms with E-state index in [-0.39, 0.29) is 0 Å². The van der Waals surface area contributed by atoms with Crippen molar-refractivity contribution in [1.82, 2.24) is 9.80 Å². The fourth-order valence-corrected chi connectivity index (χ4v) is 3.58. The van der Waals surface area contributed by atoms with Crippen molar-refractivity contribution in [3.63, 3.8) is 0 Å². The Hall–Kier alpha value is -1.30. The molecule has 2 heterocycles. The van der Waals surface area contributed by atoms with Crippen molar-refractivity contribution in [2.45, 2.75) is 44.8 Å². The number of likely N-dealkylation sites (tertiary alicyclic amines) is 2. The lowest BCUT2D eigenvalue weighted by Gasteiger charge is -2.30. The van der Waals surface area contributed by atoms with Gasteiger partial charge < -0.3 is 19.5 Å². The molecule has 1 aromatic carbocycles. The maximum Gasteiger partial charge on any atom is 0.161 e. The quantitative estimate of drug-likeness (QED) is 0.782. The first-order valence-corrected chi connectivity index (χ1v) is 9.67. The van der Waals surface area contributed by atoms with Gasteiger partial charge in [0.1, 0.15) is 12.7 Å². The number of hydrogen-bond donors (Lipinski definition) is 1. The number of hydrogen-bond acceptors (Lipinski definition) is 5. The number of benzene rings is 1. The van der Waals surface area contributed by atoms with Gasteiger partial charge in [0.2, 0.25) is 0 Å². The predicted octanol–water partition coefficient (Wildman–Crippen LogP) is 2.52. The first kappa shape index (κ1) is 18.5. The molecule has 0 unspecified atom stereocenters. The summed E-state index contributed by atoms with van der Waals surface area (Å²) < 4.78 is 11.3. The molecule has 1 atom stereocenters. The van der Waals surface area contributed by atoms with E-state index >= 15 is 0 Å². The normalized spacial score (nSPS) is 20.6. The molecule has 0 amide bonds. The molecule has 0 aliphatic carbocycles. The maximum absolute atomic E-state index is 10.3. The zero-order chi connectivity index (χ0) is 17.5. The molecule has 2 aliphatic heterocycles. The first-order chi connectivity index (χ1) is 12.2. The second-order valence-corrected chi connectivity index (χ2v) is 7.29. The van der Waals surface area contributed by atoms with Gasteiger partial charge in [-0.05, 0) is 63.1 Å². The van der Waals surface area contributed by atoms with Crippen LogP contribution in [0, 0.1) is 0 Å². The van der Waals surface area contributed by atoms with Gasteiger partial charge in [-0.2, -0.15) is 0 Å². The third-order valence-electron chi connectivity index (χ3n) is 5.18. The molecule has 2 fully saturated rings. The van der Waals surface area contributed by atoms with Crippen LogP contribution in [0.1, 0.15) is 37.7 Å². The summed E-state index contributed by atoms with van der Waals surface area (Å²) >= 11 is 0. The zero-order valence-electron chi connectivity index (χ0n) is 15.5. The molecule has 0 radical (unpaired) electrons. The predicted molar refractivity (Wildman–Crippen MR) is 99.3 cm³/mol. The summed E-state index contributed by atoms with van der Waals surface area (Å²) in [6.07, 6.45) is 5.92. The Morgan fingerprint density at radius 2 is 1.68 bits per heavy atom. The summed E-state index contributed by atoms with van der Waals surface area (Å²) in [5.74, 6) is 1.46. The molecular weight excluding hydrogens is 316 g/mol. The third kappa shape index (κ3) is 5.59. The Balaban J connectivity index is 1.49. The van der Waals surface area contributed by atoms with E-state index in [9.17, 15) is 5.11 Å². The molecule has 0 bridgehead atoms. The zero-order valence-corrected chi connectivity index (χ0v) is 15.5. The Kier molecular flexibility index (Phi) is 6.96. The fraction of sp³-hybridized carbons (Fsp3) is 0.700. The smallest absolute Gasteiger partial charge is 0.161 e. The van der Waals surface area contributed by atoms with Crippen molar-refractivity contribution in [2.24, 2.45) is 0 Å². The van der Waals surface area contributed by atoms with Gasteiger partial charge in [-0.3, -0.25) is 4.90 Å². The van der Waals surface area contributed by atoms with Gasteiger partial charge >= 0.3 is 0 Å². The topological polar surface area (TPSA) is 45.2 Å². The fourth-order valence-electron chi connectivity index (χ4n) is 3.58. The highest BCUT2D eigenvalue weighted by atomic mass is 16.5. The molecule has 1 aromatic rings. The number of aliphatic hydroxyl groups is 1. The molecule has 140 valence electrons. The standard InChI is InChI=1S/C20H32N2O3/c1-24-20-13-17(14-21-11-6-12-21)7-8-19(20)25-16-18(23)15-22-9-4-2-3-5-10-22/h7-8,13,18,23H,2-6,9-12,14-16H2,1H3/t18-/m0/s1. The Bertz CT molecular complexity index is 526. The lowest BCUT2D eigenvalue weighted by Crippen LogP contribution is -2.36. The minimum Gasteiger partial charge on any atom is -0.493 e. The van der Waals surface area contributed by atoms with E-state index < -0.39 is 6.10 Å². The van der Waals surface area contributed by atoms with Crippen LogP contribution >= 0.6 is 0 Å². The van der Waals surface area contributed by atoms with Crippen molar-refractivity contribution in [1.29, 1.82) is 0 Å². The van der Waals surface area contributed by atoms with Gasteiger partial charge in [-0.1, -0.05) is 18.9 Å². The molecule has 3 rings (SSSR count). The van der Waals surface area contributed by atoms with Gasteiger partial charge in [0, 0.05) is 13.1 Å². The SMILES string of the molecule is COc1cc(CN2CCC2)ccc1OC[C@@H](O)CN1CCCCCC1. The van der Waals surface area contributed by atoms with Crippen molar-refractivity contribution in [2.75, 3.05) is 46.4 Å². The van der Waals surface area contributed by atoms with E-state index in [1.165, 1.54) is 50.8 Å². The minimum atomic E-state index is -0.469. The number of methoxy groups -OCH3 is 1. The molecule has 5 nitrogen and oxygen atoms in total. The molecular formula is C20H32N2O3. The number of rotatable bonds is 8. The maximum atomic E-state index is 10.3. The highest BCUT2D eigenvalue weighted by molar-refractivity contribution is 5.43. The molecule has 2 saturated heterocycles. The molecule has 0 aromatic heterocycles. The van der Waals surface area contributed by atoms with Crippen molar-refractivity contribution in [3.05, 3.63) is 23.8 Å². The summed E-state index contributed by atoms with van der Waals surface area (Å²) in [5.41, 5.74) is 1.24. The lowest BCUT2D eigenvalue weighted by molar-refractivity contribution is 0.0683. The number of nitrogens with zero attached hydrogens (tertiary/aromatic N) is 2. The largest absolute Gasteiger partial charge is 0.493 e. The monoisotopic (exact) mass is 348 g/mol. The molecule has 1 N–H and O–H groups in total. The van der Waals surface area contributed by atoms with Crippen LogP contribution in [0.4, 0.5) is 0 Å². The third-order valence-corrected chi connectivity index (χ3v) is 5.18. The summed E-state index contributed by atoms with van der Waals surface area (Å²) in [5, 5.41) is 10.3. The summed E-state index contributed by atoms with van der Waals surface area (Å²) in [6, 6.07) is 6.11. The van der Waals surface area contributed by atoms with Gasteiger partial charge in [0.25, 0.3) is 0 Å². The van der Waals surface area contributed by atoms with Crippen LogP contribution in [0.5, 0.6) is 11.5 Å². The van der Waals surface area contributed by atoms with E-state index in [4.69, 9.17) is 9.47 Å². The number of β-amino-alcohol motifs (C(OH)–C–C–N with tert-alkyl or cyclic N) is 1. The summed E-state index contributed by atoms with van der Waals surface area (Å²) in [6.45, 7) is 6.51. The van der Waals surface area contributed by atoms with Crippen LogP contribution in [0.2, 0.25) is 0 Å². The van der Waals surface area contributed by atoms with Crippen LogP contribution in [-0.2, 0) is 6.54 Å². The highest BCUT2D eigenvalue weighted by Crippen LogP contribution is 2.29. The van der Waals surface area contributed by atoms with Crippen LogP contribution in [0.15, 0.2) is 18.2 Å². The average Bonchev–Trinajstić information content (AvgIpc) is 2.85. The summed E-state index contributed by atoms with van der Waals surface area (Å²) in [7, 11) is 1.67. The van der Waals surface area contributed by atoms with Crippen LogP contribution in [-0.4, -0.2) is 67.5 Å². The van der Waals surface area contributed by atoms with Crippen molar-refractivity contribution in [3.8, 4) is 11.5 Å². The van der Waals surface area contributed by atoms with E-state index in [0.717, 1.165) is 25.4 Å². The van der Waals surface area contributed by atoms with Crippen LogP contribution in [0.25, 0.3) is 0 Å². The van der Waals surface area contributed by atoms with Crippen LogP contribution < -0.4 is 9.47 Å². The number of aliphatic hydroxyl groups excluding tert-OH is 1. The van der Waals surface area contributed by atoms with Gasteiger partial charge in [0.05, 0.1) is 7.11 Å². The molecule has 0 saturated carbocycles. The van der Waals surface area contributed by atoms with E-state index in [1.54, 1.807) is 7.11 Å². The van der Waals surface area contributed by atoms with Gasteiger partial charge in [0.15, 0.2) is 11.5 Å². The summed E-state index contributed by atoms with van der Waals surface area (Å²) in [4.78, 5) is 4.77. The van der Waals surface area contributed by atoms with Crippen LogP contribution in [0.3, 0.4) is 0 Å². The van der Waals surface area contributed by atoms with E-state index in [0.29, 0.717) is 18.9 Å². The van der Waals surface area contributed by atoms with E-state index in [1.807, 2.05) is 6.07 Å². The highest BCUT2D eigenvalue weighted by Gasteiger charge is 2.17. The Morgan fingerprint density at radius 1 is 0.960 bits per heavy atom. The Morgan fingerprint density at radius 3 is 2.32 bits per heavy atom. The second-order valence-electron chi connectivity index (χ2n) is 7.29. The molecule has 0 spiro atoms. The van der Waals surface area contributed by atoms with Gasteiger partial charge in [-0.15, -0.1) is 0 Å².